The van der Waals surface area contributed by atoms with Gasteiger partial charge in [-0.2, -0.15) is 4.98 Å². The molecule has 0 aliphatic heterocycles. The lowest BCUT2D eigenvalue weighted by molar-refractivity contribution is -0.143. The molecule has 0 aliphatic rings. The topological polar surface area (TPSA) is 92.5 Å². The number of fused-ring (bicyclic) bond motifs is 3. The van der Waals surface area contributed by atoms with E-state index in [1.165, 1.54) is 10.1 Å². The highest BCUT2D eigenvalue weighted by molar-refractivity contribution is 5.76. The molecule has 9 nitrogen and oxygen atoms in total. The van der Waals surface area contributed by atoms with Gasteiger partial charge < -0.3 is 4.74 Å². The number of carbonyl (C=O) groups is 1. The number of imidazole rings is 2. The Bertz CT molecular complexity index is 1440. The number of benzene rings is 1. The predicted octanol–water partition coefficient (Wildman–Crippen LogP) is 2.74. The Kier molecular flexibility index (Phi) is 6.22. The zero-order valence-electron chi connectivity index (χ0n) is 19.5. The van der Waals surface area contributed by atoms with Gasteiger partial charge in [-0.05, 0) is 44.4 Å². The van der Waals surface area contributed by atoms with E-state index in [2.05, 4.69) is 24.0 Å². The molecule has 0 fully saturated rings. The molecular formula is C24H29N5O4. The fourth-order valence-corrected chi connectivity index (χ4v) is 4.16. The number of unbranched alkanes of at least 4 members (excludes halogenated alkanes) is 1. The van der Waals surface area contributed by atoms with Gasteiger partial charge in [-0.25, -0.2) is 4.79 Å². The van der Waals surface area contributed by atoms with E-state index in [1.807, 2.05) is 29.8 Å². The highest BCUT2D eigenvalue weighted by Gasteiger charge is 2.21. The van der Waals surface area contributed by atoms with Crippen molar-refractivity contribution in [3.8, 4) is 5.69 Å². The van der Waals surface area contributed by atoms with Crippen molar-refractivity contribution in [2.24, 2.45) is 7.05 Å². The van der Waals surface area contributed by atoms with Crippen LogP contribution in [0.15, 0.2) is 40.1 Å². The number of rotatable bonds is 8. The minimum atomic E-state index is -0.513. The van der Waals surface area contributed by atoms with Crippen molar-refractivity contribution >= 4 is 22.9 Å². The molecule has 33 heavy (non-hydrogen) atoms. The standard InChI is InChI=1S/C24H29N5O4/c1-5-7-8-17-9-11-18(12-10-17)29-16(3)15-28-20-21(25-23(28)29)26(4)24(32)27(22(20)31)14-13-19(30)33-6-2/h9-12,15H,5-8,13-14H2,1-4H3. The highest BCUT2D eigenvalue weighted by Crippen LogP contribution is 2.21. The van der Waals surface area contributed by atoms with E-state index in [4.69, 9.17) is 4.74 Å². The molecular weight excluding hydrogens is 422 g/mol. The van der Waals surface area contributed by atoms with Crippen LogP contribution >= 0.6 is 0 Å². The fraction of sp³-hybridized carbons (Fsp3) is 0.417. The highest BCUT2D eigenvalue weighted by atomic mass is 16.5. The zero-order chi connectivity index (χ0) is 23.7. The smallest absolute Gasteiger partial charge is 0.332 e. The van der Waals surface area contributed by atoms with E-state index in [9.17, 15) is 14.4 Å². The van der Waals surface area contributed by atoms with Crippen molar-refractivity contribution in [1.82, 2.24) is 23.1 Å². The molecule has 0 saturated carbocycles. The molecule has 0 amide bonds. The average Bonchev–Trinajstić information content (AvgIpc) is 3.31. The number of ether oxygens (including phenoxy) is 1. The van der Waals surface area contributed by atoms with Crippen LogP contribution in [0.2, 0.25) is 0 Å². The van der Waals surface area contributed by atoms with Crippen molar-refractivity contribution in [3.05, 3.63) is 62.6 Å². The molecule has 3 heterocycles. The number of hydrogen-bond acceptors (Lipinski definition) is 5. The van der Waals surface area contributed by atoms with Gasteiger partial charge in [0.15, 0.2) is 11.2 Å². The fourth-order valence-electron chi connectivity index (χ4n) is 4.16. The first-order chi connectivity index (χ1) is 15.9. The van der Waals surface area contributed by atoms with Gasteiger partial charge in [-0.15, -0.1) is 0 Å². The largest absolute Gasteiger partial charge is 0.466 e. The number of carbonyl (C=O) groups excluding carboxylic acids is 1. The molecule has 0 saturated heterocycles. The number of aryl methyl sites for hydroxylation is 3. The maximum absolute atomic E-state index is 13.3. The van der Waals surface area contributed by atoms with Gasteiger partial charge in [0.25, 0.3) is 5.56 Å². The second-order valence-electron chi connectivity index (χ2n) is 8.18. The van der Waals surface area contributed by atoms with Crippen LogP contribution in [-0.4, -0.2) is 35.7 Å². The van der Waals surface area contributed by atoms with Crippen LogP contribution < -0.4 is 11.2 Å². The summed E-state index contributed by atoms with van der Waals surface area (Å²) in [5, 5.41) is 0. The lowest BCUT2D eigenvalue weighted by atomic mass is 10.1. The van der Waals surface area contributed by atoms with Crippen molar-refractivity contribution in [1.29, 1.82) is 0 Å². The van der Waals surface area contributed by atoms with E-state index in [1.54, 1.807) is 18.4 Å². The molecule has 0 bridgehead atoms. The Hall–Kier alpha value is -3.62. The molecule has 1 aromatic carbocycles. The summed E-state index contributed by atoms with van der Waals surface area (Å²) in [4.78, 5) is 42.5. The number of aromatic nitrogens is 5. The summed E-state index contributed by atoms with van der Waals surface area (Å²) < 4.78 is 11.0. The van der Waals surface area contributed by atoms with Crippen molar-refractivity contribution in [3.63, 3.8) is 0 Å². The van der Waals surface area contributed by atoms with Crippen LogP contribution in [0.25, 0.3) is 22.6 Å². The zero-order valence-corrected chi connectivity index (χ0v) is 19.5. The Morgan fingerprint density at radius 3 is 2.52 bits per heavy atom. The van der Waals surface area contributed by atoms with Gasteiger partial charge in [0.1, 0.15) is 0 Å². The number of esters is 1. The Balaban J connectivity index is 1.83. The quantitative estimate of drug-likeness (QED) is 0.384. The normalized spacial score (nSPS) is 11.5. The molecule has 174 valence electrons. The van der Waals surface area contributed by atoms with Gasteiger partial charge in [-0.1, -0.05) is 25.5 Å². The second-order valence-corrected chi connectivity index (χ2v) is 8.18. The Morgan fingerprint density at radius 2 is 1.85 bits per heavy atom. The summed E-state index contributed by atoms with van der Waals surface area (Å²) in [6.07, 6.45) is 5.12. The van der Waals surface area contributed by atoms with E-state index in [0.29, 0.717) is 16.9 Å². The van der Waals surface area contributed by atoms with Crippen LogP contribution in [-0.2, 0) is 29.5 Å². The molecule has 0 N–H and O–H groups in total. The number of hydrogen-bond donors (Lipinski definition) is 0. The third-order valence-electron chi connectivity index (χ3n) is 5.88. The minimum absolute atomic E-state index is 0.0492. The third kappa shape index (κ3) is 3.99. The first kappa shape index (κ1) is 22.6. The predicted molar refractivity (Wildman–Crippen MR) is 126 cm³/mol. The molecule has 0 spiro atoms. The summed E-state index contributed by atoms with van der Waals surface area (Å²) in [5.74, 6) is 0.105. The molecule has 0 radical (unpaired) electrons. The van der Waals surface area contributed by atoms with Crippen molar-refractivity contribution in [2.75, 3.05) is 6.61 Å². The summed E-state index contributed by atoms with van der Waals surface area (Å²) in [6, 6.07) is 8.32. The van der Waals surface area contributed by atoms with E-state index < -0.39 is 17.2 Å². The van der Waals surface area contributed by atoms with Gasteiger partial charge >= 0.3 is 11.7 Å². The van der Waals surface area contributed by atoms with E-state index in [0.717, 1.165) is 35.2 Å². The molecule has 9 heteroatoms. The van der Waals surface area contributed by atoms with Crippen LogP contribution in [0, 0.1) is 6.92 Å². The number of nitrogens with zero attached hydrogens (tertiary/aromatic N) is 5. The van der Waals surface area contributed by atoms with Crippen LogP contribution in [0.4, 0.5) is 0 Å². The third-order valence-corrected chi connectivity index (χ3v) is 5.88. The van der Waals surface area contributed by atoms with Crippen LogP contribution in [0.5, 0.6) is 0 Å². The van der Waals surface area contributed by atoms with Gasteiger partial charge in [0.05, 0.1) is 13.0 Å². The van der Waals surface area contributed by atoms with Crippen molar-refractivity contribution < 1.29 is 9.53 Å². The maximum atomic E-state index is 13.3. The molecule has 0 aliphatic carbocycles. The summed E-state index contributed by atoms with van der Waals surface area (Å²) in [6.45, 7) is 6.04. The van der Waals surface area contributed by atoms with E-state index >= 15 is 0 Å². The average molecular weight is 452 g/mol. The molecule has 0 unspecified atom stereocenters. The lowest BCUT2D eigenvalue weighted by Gasteiger charge is -2.08. The molecule has 3 aromatic heterocycles. The summed E-state index contributed by atoms with van der Waals surface area (Å²) in [7, 11) is 1.58. The Morgan fingerprint density at radius 1 is 1.12 bits per heavy atom. The molecule has 0 atom stereocenters. The van der Waals surface area contributed by atoms with E-state index in [-0.39, 0.29) is 19.6 Å². The SMILES string of the molecule is CCCCc1ccc(-n2c(C)cn3c4c(=O)n(CCC(=O)OCC)c(=O)n(C)c4nc23)cc1. The summed E-state index contributed by atoms with van der Waals surface area (Å²) >= 11 is 0. The molecule has 4 rings (SSSR count). The van der Waals surface area contributed by atoms with Crippen LogP contribution in [0.3, 0.4) is 0 Å². The lowest BCUT2D eigenvalue weighted by Crippen LogP contribution is -2.39. The van der Waals surface area contributed by atoms with Gasteiger partial charge in [0, 0.05) is 31.2 Å². The van der Waals surface area contributed by atoms with Gasteiger partial charge in [-0.3, -0.25) is 27.7 Å². The first-order valence-electron chi connectivity index (χ1n) is 11.3. The maximum Gasteiger partial charge on any atom is 0.332 e. The minimum Gasteiger partial charge on any atom is -0.466 e. The summed E-state index contributed by atoms with van der Waals surface area (Å²) in [5.41, 5.74) is 2.75. The van der Waals surface area contributed by atoms with Gasteiger partial charge in [0.2, 0.25) is 5.78 Å². The Labute approximate surface area is 190 Å². The second kappa shape index (κ2) is 9.09. The first-order valence-corrected chi connectivity index (χ1v) is 11.3. The monoisotopic (exact) mass is 451 g/mol. The molecule has 4 aromatic rings. The van der Waals surface area contributed by atoms with Crippen molar-refractivity contribution in [2.45, 2.75) is 53.0 Å². The van der Waals surface area contributed by atoms with Crippen LogP contribution in [0.1, 0.15) is 44.4 Å².